The predicted molar refractivity (Wildman–Crippen MR) is 94.8 cm³/mol. The van der Waals surface area contributed by atoms with Gasteiger partial charge in [-0.2, -0.15) is 0 Å². The Morgan fingerprint density at radius 3 is 2.65 bits per heavy atom. The van der Waals surface area contributed by atoms with Gasteiger partial charge in [0, 0.05) is 18.6 Å². The van der Waals surface area contributed by atoms with Crippen molar-refractivity contribution in [2.24, 2.45) is 0 Å². The zero-order chi connectivity index (χ0) is 18.6. The van der Waals surface area contributed by atoms with E-state index in [2.05, 4.69) is 10.3 Å². The third-order valence-electron chi connectivity index (χ3n) is 4.39. The van der Waals surface area contributed by atoms with Crippen LogP contribution in [0.3, 0.4) is 0 Å². The average Bonchev–Trinajstić information content (AvgIpc) is 3.11. The first kappa shape index (κ1) is 18.5. The molecule has 0 bridgehead atoms. The molecule has 3 rings (SSSR count). The molecule has 2 aromatic rings. The fraction of sp³-hybridized carbons (Fsp3) is 0.389. The SMILES string of the molecule is CCOC(=O)c1csc(NC(=O)C2(c3ccc(F)cc3)CCOCC2)n1. The molecule has 1 aromatic carbocycles. The van der Waals surface area contributed by atoms with E-state index in [1.54, 1.807) is 24.4 Å². The Bertz CT molecular complexity index is 785. The van der Waals surface area contributed by atoms with Gasteiger partial charge in [-0.25, -0.2) is 14.2 Å². The van der Waals surface area contributed by atoms with Gasteiger partial charge in [0.15, 0.2) is 10.8 Å². The maximum Gasteiger partial charge on any atom is 0.357 e. The molecule has 0 saturated carbocycles. The maximum absolute atomic E-state index is 13.3. The van der Waals surface area contributed by atoms with Gasteiger partial charge >= 0.3 is 5.97 Å². The van der Waals surface area contributed by atoms with Gasteiger partial charge in [0.2, 0.25) is 5.91 Å². The summed E-state index contributed by atoms with van der Waals surface area (Å²) in [7, 11) is 0. The number of halogens is 1. The molecule has 1 aliphatic rings. The van der Waals surface area contributed by atoms with Crippen molar-refractivity contribution in [1.82, 2.24) is 4.98 Å². The molecule has 6 nitrogen and oxygen atoms in total. The van der Waals surface area contributed by atoms with E-state index < -0.39 is 11.4 Å². The molecular formula is C18H19FN2O4S. The quantitative estimate of drug-likeness (QED) is 0.809. The van der Waals surface area contributed by atoms with E-state index in [0.29, 0.717) is 31.2 Å². The van der Waals surface area contributed by atoms with E-state index in [0.717, 1.165) is 16.9 Å². The molecule has 1 saturated heterocycles. The van der Waals surface area contributed by atoms with Gasteiger partial charge in [0.25, 0.3) is 0 Å². The lowest BCUT2D eigenvalue weighted by Gasteiger charge is -2.35. The number of aromatic nitrogens is 1. The summed E-state index contributed by atoms with van der Waals surface area (Å²) < 4.78 is 23.6. The Hall–Kier alpha value is -2.32. The van der Waals surface area contributed by atoms with Crippen LogP contribution in [0, 0.1) is 5.82 Å². The molecule has 1 aromatic heterocycles. The number of ether oxygens (including phenoxy) is 2. The molecule has 1 amide bonds. The number of amides is 1. The Kier molecular flexibility index (Phi) is 5.63. The van der Waals surface area contributed by atoms with E-state index in [9.17, 15) is 14.0 Å². The minimum Gasteiger partial charge on any atom is -0.461 e. The van der Waals surface area contributed by atoms with Crippen LogP contribution in [-0.2, 0) is 19.7 Å². The minimum atomic E-state index is -0.818. The highest BCUT2D eigenvalue weighted by atomic mass is 32.1. The molecule has 1 aliphatic heterocycles. The summed E-state index contributed by atoms with van der Waals surface area (Å²) in [6, 6.07) is 5.96. The van der Waals surface area contributed by atoms with E-state index in [1.165, 1.54) is 12.1 Å². The first-order valence-electron chi connectivity index (χ1n) is 8.33. The lowest BCUT2D eigenvalue weighted by molar-refractivity contribution is -0.125. The number of hydrogen-bond donors (Lipinski definition) is 1. The van der Waals surface area contributed by atoms with Crippen molar-refractivity contribution >= 4 is 28.3 Å². The maximum atomic E-state index is 13.3. The Balaban J connectivity index is 1.82. The zero-order valence-corrected chi connectivity index (χ0v) is 15.1. The number of thiazole rings is 1. The minimum absolute atomic E-state index is 0.162. The monoisotopic (exact) mass is 378 g/mol. The van der Waals surface area contributed by atoms with Gasteiger partial charge < -0.3 is 14.8 Å². The summed E-state index contributed by atoms with van der Waals surface area (Å²) in [6.45, 7) is 2.85. The second-order valence-corrected chi connectivity index (χ2v) is 6.77. The number of anilines is 1. The molecule has 8 heteroatoms. The van der Waals surface area contributed by atoms with Crippen molar-refractivity contribution in [3.63, 3.8) is 0 Å². The second kappa shape index (κ2) is 7.92. The van der Waals surface area contributed by atoms with E-state index >= 15 is 0 Å². The smallest absolute Gasteiger partial charge is 0.357 e. The summed E-state index contributed by atoms with van der Waals surface area (Å²) in [6.07, 6.45) is 0.973. The Morgan fingerprint density at radius 1 is 1.31 bits per heavy atom. The third kappa shape index (κ3) is 3.76. The summed E-state index contributed by atoms with van der Waals surface area (Å²) in [5, 5.41) is 4.66. The van der Waals surface area contributed by atoms with Crippen LogP contribution >= 0.6 is 11.3 Å². The van der Waals surface area contributed by atoms with Crippen molar-refractivity contribution in [3.8, 4) is 0 Å². The fourth-order valence-corrected chi connectivity index (χ4v) is 3.66. The lowest BCUT2D eigenvalue weighted by Crippen LogP contribution is -2.44. The number of rotatable bonds is 5. The molecule has 0 unspecified atom stereocenters. The summed E-state index contributed by atoms with van der Waals surface area (Å²) in [5.74, 6) is -1.11. The summed E-state index contributed by atoms with van der Waals surface area (Å²) in [4.78, 5) is 28.9. The first-order valence-corrected chi connectivity index (χ1v) is 9.21. The molecule has 138 valence electrons. The predicted octanol–water partition coefficient (Wildman–Crippen LogP) is 3.15. The van der Waals surface area contributed by atoms with Crippen molar-refractivity contribution < 1.29 is 23.5 Å². The van der Waals surface area contributed by atoms with Gasteiger partial charge in [-0.15, -0.1) is 11.3 Å². The van der Waals surface area contributed by atoms with Gasteiger partial charge in [0.05, 0.1) is 12.0 Å². The molecule has 26 heavy (non-hydrogen) atoms. The molecule has 1 fully saturated rings. The van der Waals surface area contributed by atoms with Crippen molar-refractivity contribution in [2.45, 2.75) is 25.2 Å². The van der Waals surface area contributed by atoms with Crippen LogP contribution < -0.4 is 5.32 Å². The number of carbonyl (C=O) groups excluding carboxylic acids is 2. The topological polar surface area (TPSA) is 77.5 Å². The number of hydrogen-bond acceptors (Lipinski definition) is 6. The highest BCUT2D eigenvalue weighted by molar-refractivity contribution is 7.14. The lowest BCUT2D eigenvalue weighted by atomic mass is 9.73. The van der Waals surface area contributed by atoms with E-state index in [1.807, 2.05) is 0 Å². The number of nitrogens with one attached hydrogen (secondary N) is 1. The number of carbonyl (C=O) groups is 2. The van der Waals surface area contributed by atoms with Gasteiger partial charge in [0.1, 0.15) is 5.82 Å². The zero-order valence-electron chi connectivity index (χ0n) is 14.3. The molecule has 0 spiro atoms. The van der Waals surface area contributed by atoms with Crippen LogP contribution in [0.5, 0.6) is 0 Å². The standard InChI is InChI=1S/C18H19FN2O4S/c1-2-25-15(22)14-11-26-17(20-14)21-16(23)18(7-9-24-10-8-18)12-3-5-13(19)6-4-12/h3-6,11H,2,7-10H2,1H3,(H,20,21,23). The average molecular weight is 378 g/mol. The second-order valence-electron chi connectivity index (χ2n) is 5.91. The van der Waals surface area contributed by atoms with Crippen LogP contribution in [0.25, 0.3) is 0 Å². The first-order chi connectivity index (χ1) is 12.5. The van der Waals surface area contributed by atoms with Crippen molar-refractivity contribution in [2.75, 3.05) is 25.1 Å². The number of benzene rings is 1. The number of esters is 1. The highest BCUT2D eigenvalue weighted by Crippen LogP contribution is 2.36. The van der Waals surface area contributed by atoms with Crippen LogP contribution in [0.4, 0.5) is 9.52 Å². The summed E-state index contributed by atoms with van der Waals surface area (Å²) >= 11 is 1.16. The van der Waals surface area contributed by atoms with E-state index in [-0.39, 0.29) is 24.0 Å². The molecule has 2 heterocycles. The largest absolute Gasteiger partial charge is 0.461 e. The molecule has 0 aliphatic carbocycles. The third-order valence-corrected chi connectivity index (χ3v) is 5.14. The van der Waals surface area contributed by atoms with Gasteiger partial charge in [-0.3, -0.25) is 4.79 Å². The number of nitrogens with zero attached hydrogens (tertiary/aromatic N) is 1. The normalized spacial score (nSPS) is 16.1. The van der Waals surface area contributed by atoms with E-state index in [4.69, 9.17) is 9.47 Å². The molecule has 0 radical (unpaired) electrons. The van der Waals surface area contributed by atoms with Crippen molar-refractivity contribution in [1.29, 1.82) is 0 Å². The van der Waals surface area contributed by atoms with Crippen molar-refractivity contribution in [3.05, 3.63) is 46.7 Å². The van der Waals surface area contributed by atoms with Gasteiger partial charge in [-0.1, -0.05) is 12.1 Å². The molecule has 1 N–H and O–H groups in total. The summed E-state index contributed by atoms with van der Waals surface area (Å²) in [5.41, 5.74) is 0.0821. The Labute approximate surface area is 154 Å². The fourth-order valence-electron chi connectivity index (χ4n) is 2.98. The Morgan fingerprint density at radius 2 is 2.00 bits per heavy atom. The molecule has 0 atom stereocenters. The van der Waals surface area contributed by atoms with Crippen LogP contribution in [0.1, 0.15) is 35.8 Å². The van der Waals surface area contributed by atoms with Gasteiger partial charge in [-0.05, 0) is 37.5 Å². The van der Waals surface area contributed by atoms with Crippen LogP contribution in [0.2, 0.25) is 0 Å². The molecular weight excluding hydrogens is 359 g/mol. The highest BCUT2D eigenvalue weighted by Gasteiger charge is 2.42. The van der Waals surface area contributed by atoms with Crippen LogP contribution in [-0.4, -0.2) is 36.7 Å². The van der Waals surface area contributed by atoms with Crippen LogP contribution in [0.15, 0.2) is 29.6 Å².